The van der Waals surface area contributed by atoms with Gasteiger partial charge in [0.2, 0.25) is 0 Å². The van der Waals surface area contributed by atoms with Gasteiger partial charge in [0.15, 0.2) is 11.6 Å². The molecule has 0 radical (unpaired) electrons. The Bertz CT molecular complexity index is 502. The van der Waals surface area contributed by atoms with Crippen molar-refractivity contribution in [3.05, 3.63) is 33.0 Å². The number of ether oxygens (including phenoxy) is 1. The third-order valence-corrected chi connectivity index (χ3v) is 2.54. The molecule has 7 heteroatoms. The fraction of sp³-hybridized carbons (Fsp3) is 0.222. The third-order valence-electron chi connectivity index (χ3n) is 1.79. The summed E-state index contributed by atoms with van der Waals surface area (Å²) in [5, 5.41) is 4.53. The molecule has 0 fully saturated rings. The molecule has 0 aromatic carbocycles. The second-order valence-electron chi connectivity index (χ2n) is 3.00. The molecule has 0 bridgehead atoms. The van der Waals surface area contributed by atoms with Crippen LogP contribution in [0.2, 0.25) is 5.15 Å². The van der Waals surface area contributed by atoms with Crippen LogP contribution in [0.1, 0.15) is 5.82 Å². The number of rotatable bonds is 3. The smallest absolute Gasteiger partial charge is 0.158 e. The fourth-order valence-electron chi connectivity index (χ4n) is 1.19. The summed E-state index contributed by atoms with van der Waals surface area (Å²) >= 11 is 8.07. The van der Waals surface area contributed by atoms with Crippen molar-refractivity contribution >= 4 is 34.2 Å². The molecule has 84 valence electrons. The van der Waals surface area contributed by atoms with E-state index in [0.717, 1.165) is 3.57 Å². The number of nitrogens with zero attached hydrogens (tertiary/aromatic N) is 4. The summed E-state index contributed by atoms with van der Waals surface area (Å²) in [6.07, 6.45) is 3.60. The van der Waals surface area contributed by atoms with Crippen LogP contribution in [0.15, 0.2) is 18.5 Å². The van der Waals surface area contributed by atoms with Crippen LogP contribution in [0.3, 0.4) is 0 Å². The SMILES string of the molecule is COCc1nc(Cl)cc(-n2cc(I)cn2)n1. The van der Waals surface area contributed by atoms with Gasteiger partial charge in [0.25, 0.3) is 0 Å². The molecule has 5 nitrogen and oxygen atoms in total. The minimum Gasteiger partial charge on any atom is -0.377 e. The molecule has 2 aromatic heterocycles. The Kier molecular flexibility index (Phi) is 3.72. The quantitative estimate of drug-likeness (QED) is 0.628. The monoisotopic (exact) mass is 350 g/mol. The highest BCUT2D eigenvalue weighted by molar-refractivity contribution is 14.1. The second-order valence-corrected chi connectivity index (χ2v) is 4.63. The Morgan fingerprint density at radius 1 is 1.50 bits per heavy atom. The predicted molar refractivity (Wildman–Crippen MR) is 67.6 cm³/mol. The molecule has 0 aliphatic carbocycles. The van der Waals surface area contributed by atoms with E-state index >= 15 is 0 Å². The van der Waals surface area contributed by atoms with E-state index in [1.807, 2.05) is 6.20 Å². The molecule has 0 amide bonds. The third kappa shape index (κ3) is 2.69. The zero-order valence-corrected chi connectivity index (χ0v) is 11.3. The van der Waals surface area contributed by atoms with Gasteiger partial charge in [-0.2, -0.15) is 5.10 Å². The van der Waals surface area contributed by atoms with E-state index in [1.54, 1.807) is 24.1 Å². The fourth-order valence-corrected chi connectivity index (χ4v) is 1.77. The lowest BCUT2D eigenvalue weighted by Crippen LogP contribution is -2.04. The normalized spacial score (nSPS) is 10.7. The minimum absolute atomic E-state index is 0.325. The number of halogens is 2. The van der Waals surface area contributed by atoms with E-state index in [2.05, 4.69) is 37.7 Å². The highest BCUT2D eigenvalue weighted by Gasteiger charge is 2.06. The summed E-state index contributed by atoms with van der Waals surface area (Å²) in [5.41, 5.74) is 0. The molecule has 0 N–H and O–H groups in total. The minimum atomic E-state index is 0.325. The summed E-state index contributed by atoms with van der Waals surface area (Å²) in [4.78, 5) is 8.33. The summed E-state index contributed by atoms with van der Waals surface area (Å²) in [7, 11) is 1.58. The second kappa shape index (κ2) is 5.07. The van der Waals surface area contributed by atoms with Gasteiger partial charge in [0.1, 0.15) is 11.8 Å². The number of hydrogen-bond donors (Lipinski definition) is 0. The first-order chi connectivity index (χ1) is 7.69. The lowest BCUT2D eigenvalue weighted by molar-refractivity contribution is 0.177. The first kappa shape index (κ1) is 11.7. The van der Waals surface area contributed by atoms with Crippen molar-refractivity contribution in [2.75, 3.05) is 7.11 Å². The van der Waals surface area contributed by atoms with Crippen LogP contribution in [0.25, 0.3) is 5.82 Å². The molecule has 16 heavy (non-hydrogen) atoms. The molecule has 0 saturated heterocycles. The average molecular weight is 351 g/mol. The molecule has 0 atom stereocenters. The van der Waals surface area contributed by atoms with E-state index in [9.17, 15) is 0 Å². The van der Waals surface area contributed by atoms with Gasteiger partial charge in [-0.25, -0.2) is 14.6 Å². The first-order valence-corrected chi connectivity index (χ1v) is 5.87. The van der Waals surface area contributed by atoms with Crippen LogP contribution < -0.4 is 0 Å². The Morgan fingerprint density at radius 3 is 2.94 bits per heavy atom. The Hall–Kier alpha value is -0.730. The van der Waals surface area contributed by atoms with Crippen molar-refractivity contribution in [1.29, 1.82) is 0 Å². The van der Waals surface area contributed by atoms with Gasteiger partial charge in [-0.1, -0.05) is 11.6 Å². The highest BCUT2D eigenvalue weighted by Crippen LogP contribution is 2.12. The maximum atomic E-state index is 5.89. The van der Waals surface area contributed by atoms with E-state index in [0.29, 0.717) is 23.4 Å². The van der Waals surface area contributed by atoms with Crippen LogP contribution in [-0.4, -0.2) is 26.9 Å². The van der Waals surface area contributed by atoms with Crippen LogP contribution in [0, 0.1) is 3.57 Å². The van der Waals surface area contributed by atoms with Crippen LogP contribution in [0.4, 0.5) is 0 Å². The Balaban J connectivity index is 2.40. The van der Waals surface area contributed by atoms with Crippen molar-refractivity contribution in [1.82, 2.24) is 19.7 Å². The summed E-state index contributed by atoms with van der Waals surface area (Å²) in [6.45, 7) is 0.325. The van der Waals surface area contributed by atoms with Crippen molar-refractivity contribution in [3.63, 3.8) is 0 Å². The molecule has 2 rings (SSSR count). The zero-order chi connectivity index (χ0) is 11.5. The molecule has 0 aliphatic heterocycles. The van der Waals surface area contributed by atoms with E-state index in [1.165, 1.54) is 0 Å². The van der Waals surface area contributed by atoms with Crippen molar-refractivity contribution in [3.8, 4) is 5.82 Å². The molecular weight excluding hydrogens is 342 g/mol. The van der Waals surface area contributed by atoms with Gasteiger partial charge in [-0.05, 0) is 22.6 Å². The van der Waals surface area contributed by atoms with Crippen molar-refractivity contribution in [2.45, 2.75) is 6.61 Å². The van der Waals surface area contributed by atoms with E-state index in [4.69, 9.17) is 16.3 Å². The lowest BCUT2D eigenvalue weighted by atomic mass is 10.5. The predicted octanol–water partition coefficient (Wildman–Crippen LogP) is 2.07. The number of aromatic nitrogens is 4. The summed E-state index contributed by atoms with van der Waals surface area (Å²) < 4.78 is 7.64. The van der Waals surface area contributed by atoms with Crippen molar-refractivity contribution in [2.24, 2.45) is 0 Å². The van der Waals surface area contributed by atoms with Gasteiger partial charge in [0, 0.05) is 19.4 Å². The van der Waals surface area contributed by atoms with Gasteiger partial charge in [-0.3, -0.25) is 0 Å². The standard InChI is InChI=1S/C9H8ClIN4O/c1-16-5-8-13-7(10)2-9(14-8)15-4-6(11)3-12-15/h2-4H,5H2,1H3. The molecular formula is C9H8ClIN4O. The topological polar surface area (TPSA) is 52.8 Å². The molecule has 0 unspecified atom stereocenters. The van der Waals surface area contributed by atoms with Gasteiger partial charge >= 0.3 is 0 Å². The first-order valence-electron chi connectivity index (χ1n) is 4.42. The van der Waals surface area contributed by atoms with Gasteiger partial charge in [0.05, 0.1) is 9.77 Å². The van der Waals surface area contributed by atoms with Gasteiger partial charge in [-0.15, -0.1) is 0 Å². The van der Waals surface area contributed by atoms with E-state index in [-0.39, 0.29) is 0 Å². The molecule has 0 spiro atoms. The summed E-state index contributed by atoms with van der Waals surface area (Å²) in [5.74, 6) is 1.17. The molecule has 2 aromatic rings. The molecule has 2 heterocycles. The van der Waals surface area contributed by atoms with E-state index < -0.39 is 0 Å². The van der Waals surface area contributed by atoms with Crippen LogP contribution >= 0.6 is 34.2 Å². The maximum Gasteiger partial charge on any atom is 0.158 e. The largest absolute Gasteiger partial charge is 0.377 e. The molecule has 0 saturated carbocycles. The Labute approximate surface area is 111 Å². The van der Waals surface area contributed by atoms with Crippen LogP contribution in [-0.2, 0) is 11.3 Å². The lowest BCUT2D eigenvalue weighted by Gasteiger charge is -2.03. The Morgan fingerprint density at radius 2 is 2.31 bits per heavy atom. The number of methoxy groups -OCH3 is 1. The molecule has 0 aliphatic rings. The van der Waals surface area contributed by atoms with Crippen molar-refractivity contribution < 1.29 is 4.74 Å². The maximum absolute atomic E-state index is 5.89. The number of hydrogen-bond acceptors (Lipinski definition) is 4. The summed E-state index contributed by atoms with van der Waals surface area (Å²) in [6, 6.07) is 1.66. The highest BCUT2D eigenvalue weighted by atomic mass is 127. The average Bonchev–Trinajstić information content (AvgIpc) is 2.64. The zero-order valence-electron chi connectivity index (χ0n) is 8.39. The van der Waals surface area contributed by atoms with Gasteiger partial charge < -0.3 is 4.74 Å². The van der Waals surface area contributed by atoms with Crippen LogP contribution in [0.5, 0.6) is 0 Å².